The second-order valence-electron chi connectivity index (χ2n) is 8.91. The lowest BCUT2D eigenvalue weighted by Crippen LogP contribution is -2.28. The number of amidine groups is 1. The molecule has 1 saturated heterocycles. The normalized spacial score (nSPS) is 14.9. The number of benzene rings is 4. The summed E-state index contributed by atoms with van der Waals surface area (Å²) in [5.41, 5.74) is 4.00. The number of para-hydroxylation sites is 1. The SMILES string of the molecule is CCOc1cc(/C=C2/SC(=Nc3ccccc3)N(Cc3ccccc3)C2=O)ccc1OCc1ccccc1C#N. The molecular weight excluding hydrogens is 518 g/mol. The molecule has 0 unspecified atom stereocenters. The summed E-state index contributed by atoms with van der Waals surface area (Å²) >= 11 is 1.36. The van der Waals surface area contributed by atoms with Crippen LogP contribution >= 0.6 is 11.8 Å². The summed E-state index contributed by atoms with van der Waals surface area (Å²) in [5, 5.41) is 10.0. The molecular formula is C33H27N3O3S. The summed E-state index contributed by atoms with van der Waals surface area (Å²) in [4.78, 5) is 20.7. The van der Waals surface area contributed by atoms with Crippen LogP contribution in [0.3, 0.4) is 0 Å². The van der Waals surface area contributed by atoms with Crippen molar-refractivity contribution in [1.29, 1.82) is 5.26 Å². The van der Waals surface area contributed by atoms with E-state index < -0.39 is 0 Å². The van der Waals surface area contributed by atoms with Gasteiger partial charge in [0.15, 0.2) is 16.7 Å². The van der Waals surface area contributed by atoms with Crippen LogP contribution in [-0.4, -0.2) is 22.6 Å². The number of nitriles is 1. The predicted octanol–water partition coefficient (Wildman–Crippen LogP) is 7.34. The second kappa shape index (κ2) is 12.8. The van der Waals surface area contributed by atoms with Crippen molar-refractivity contribution in [2.45, 2.75) is 20.1 Å². The van der Waals surface area contributed by atoms with Gasteiger partial charge in [-0.3, -0.25) is 9.69 Å². The molecule has 1 amide bonds. The summed E-state index contributed by atoms with van der Waals surface area (Å²) in [6, 6.07) is 34.7. The van der Waals surface area contributed by atoms with Gasteiger partial charge in [-0.1, -0.05) is 72.8 Å². The fourth-order valence-electron chi connectivity index (χ4n) is 4.17. The van der Waals surface area contributed by atoms with Crippen LogP contribution in [0.15, 0.2) is 113 Å². The fraction of sp³-hybridized carbons (Fsp3) is 0.121. The molecule has 198 valence electrons. The average Bonchev–Trinajstić information content (AvgIpc) is 3.27. The highest BCUT2D eigenvalue weighted by atomic mass is 32.2. The van der Waals surface area contributed by atoms with E-state index >= 15 is 0 Å². The molecule has 1 heterocycles. The van der Waals surface area contributed by atoms with Crippen LogP contribution in [0.2, 0.25) is 0 Å². The maximum atomic E-state index is 13.6. The third-order valence-electron chi connectivity index (χ3n) is 6.14. The summed E-state index contributed by atoms with van der Waals surface area (Å²) in [6.45, 7) is 3.03. The molecule has 0 saturated carbocycles. The highest BCUT2D eigenvalue weighted by Gasteiger charge is 2.33. The molecule has 6 nitrogen and oxygen atoms in total. The van der Waals surface area contributed by atoms with Crippen molar-refractivity contribution in [1.82, 2.24) is 4.90 Å². The quantitative estimate of drug-likeness (QED) is 0.206. The molecule has 1 fully saturated rings. The third-order valence-corrected chi connectivity index (χ3v) is 7.15. The highest BCUT2D eigenvalue weighted by molar-refractivity contribution is 8.18. The van der Waals surface area contributed by atoms with Gasteiger partial charge in [-0.15, -0.1) is 0 Å². The summed E-state index contributed by atoms with van der Waals surface area (Å²) in [5.74, 6) is 1.04. The molecule has 0 bridgehead atoms. The first kappa shape index (κ1) is 26.8. The van der Waals surface area contributed by atoms with Crippen LogP contribution in [0.4, 0.5) is 5.69 Å². The number of thioether (sulfide) groups is 1. The largest absolute Gasteiger partial charge is 0.490 e. The van der Waals surface area contributed by atoms with Crippen LogP contribution in [0.25, 0.3) is 6.08 Å². The topological polar surface area (TPSA) is 74.9 Å². The van der Waals surface area contributed by atoms with Gasteiger partial charge >= 0.3 is 0 Å². The first-order chi connectivity index (χ1) is 19.6. The number of carbonyl (C=O) groups is 1. The molecule has 1 aliphatic heterocycles. The number of hydrogen-bond acceptors (Lipinski definition) is 6. The third kappa shape index (κ3) is 6.42. The molecule has 5 rings (SSSR count). The minimum atomic E-state index is -0.102. The monoisotopic (exact) mass is 545 g/mol. The Bertz CT molecular complexity index is 1590. The van der Waals surface area contributed by atoms with Crippen LogP contribution in [-0.2, 0) is 17.9 Å². The Balaban J connectivity index is 1.42. The van der Waals surface area contributed by atoms with Crippen molar-refractivity contribution in [3.05, 3.63) is 130 Å². The number of amides is 1. The van der Waals surface area contributed by atoms with Crippen molar-refractivity contribution in [3.8, 4) is 17.6 Å². The van der Waals surface area contributed by atoms with E-state index in [0.717, 1.165) is 22.4 Å². The number of rotatable bonds is 9. The smallest absolute Gasteiger partial charge is 0.267 e. The van der Waals surface area contributed by atoms with E-state index in [1.807, 2.05) is 110 Å². The van der Waals surface area contributed by atoms with Crippen LogP contribution in [0.1, 0.15) is 29.2 Å². The predicted molar refractivity (Wildman–Crippen MR) is 159 cm³/mol. The van der Waals surface area contributed by atoms with Gasteiger partial charge in [0, 0.05) is 5.56 Å². The van der Waals surface area contributed by atoms with E-state index in [4.69, 9.17) is 14.5 Å². The second-order valence-corrected chi connectivity index (χ2v) is 9.92. The van der Waals surface area contributed by atoms with Gasteiger partial charge in [-0.05, 0) is 66.2 Å². The molecule has 0 aromatic heterocycles. The zero-order valence-corrected chi connectivity index (χ0v) is 22.8. The van der Waals surface area contributed by atoms with Crippen molar-refractivity contribution in [2.24, 2.45) is 4.99 Å². The molecule has 4 aromatic rings. The van der Waals surface area contributed by atoms with Crippen LogP contribution in [0.5, 0.6) is 11.5 Å². The number of ether oxygens (including phenoxy) is 2. The summed E-state index contributed by atoms with van der Waals surface area (Å²) in [6.07, 6.45) is 1.86. The van der Waals surface area contributed by atoms with Crippen LogP contribution < -0.4 is 9.47 Å². The Morgan fingerprint density at radius 2 is 1.62 bits per heavy atom. The number of nitrogens with zero attached hydrogens (tertiary/aromatic N) is 3. The van der Waals surface area contributed by atoms with Gasteiger partial charge in [0.25, 0.3) is 5.91 Å². The van der Waals surface area contributed by atoms with Gasteiger partial charge < -0.3 is 9.47 Å². The van der Waals surface area contributed by atoms with Crippen molar-refractivity contribution >= 4 is 34.6 Å². The molecule has 0 radical (unpaired) electrons. The van der Waals surface area contributed by atoms with Crippen molar-refractivity contribution in [3.63, 3.8) is 0 Å². The summed E-state index contributed by atoms with van der Waals surface area (Å²) in [7, 11) is 0. The lowest BCUT2D eigenvalue weighted by Gasteiger charge is -2.15. The van der Waals surface area contributed by atoms with Gasteiger partial charge in [-0.25, -0.2) is 4.99 Å². The Labute approximate surface area is 238 Å². The molecule has 4 aromatic carbocycles. The van der Waals surface area contributed by atoms with E-state index in [-0.39, 0.29) is 12.5 Å². The van der Waals surface area contributed by atoms with E-state index in [0.29, 0.717) is 40.3 Å². The zero-order valence-electron chi connectivity index (χ0n) is 22.0. The van der Waals surface area contributed by atoms with Gasteiger partial charge in [0.2, 0.25) is 0 Å². The number of aliphatic imine (C=N–C) groups is 1. The maximum absolute atomic E-state index is 13.6. The first-order valence-corrected chi connectivity index (χ1v) is 13.7. The Hall–Kier alpha value is -4.80. The van der Waals surface area contributed by atoms with E-state index in [9.17, 15) is 10.1 Å². The lowest BCUT2D eigenvalue weighted by atomic mass is 10.1. The molecule has 0 spiro atoms. The van der Waals surface area contributed by atoms with Gasteiger partial charge in [-0.2, -0.15) is 5.26 Å². The molecule has 0 N–H and O–H groups in total. The van der Waals surface area contributed by atoms with E-state index in [1.54, 1.807) is 11.0 Å². The molecule has 40 heavy (non-hydrogen) atoms. The standard InChI is InChI=1S/C33H27N3O3S/c1-2-38-30-19-25(17-18-29(30)39-23-27-14-10-9-13-26(27)21-34)20-31-32(37)36(22-24-11-5-3-6-12-24)33(40-31)35-28-15-7-4-8-16-28/h3-20H,2,22-23H2,1H3/b31-20+,35-33?. The Morgan fingerprint density at radius 3 is 2.38 bits per heavy atom. The highest BCUT2D eigenvalue weighted by Crippen LogP contribution is 2.37. The Morgan fingerprint density at radius 1 is 0.900 bits per heavy atom. The minimum Gasteiger partial charge on any atom is -0.490 e. The summed E-state index contributed by atoms with van der Waals surface area (Å²) < 4.78 is 11.9. The number of carbonyl (C=O) groups excluding carboxylic acids is 1. The fourth-order valence-corrected chi connectivity index (χ4v) is 5.17. The van der Waals surface area contributed by atoms with Gasteiger partial charge in [0.1, 0.15) is 6.61 Å². The van der Waals surface area contributed by atoms with Crippen molar-refractivity contribution in [2.75, 3.05) is 6.61 Å². The maximum Gasteiger partial charge on any atom is 0.267 e. The molecule has 0 atom stereocenters. The first-order valence-electron chi connectivity index (χ1n) is 12.9. The minimum absolute atomic E-state index is 0.102. The van der Waals surface area contributed by atoms with Crippen molar-refractivity contribution < 1.29 is 14.3 Å². The van der Waals surface area contributed by atoms with E-state index in [1.165, 1.54) is 11.8 Å². The molecule has 0 aliphatic carbocycles. The molecule has 7 heteroatoms. The zero-order chi connectivity index (χ0) is 27.7. The van der Waals surface area contributed by atoms with Gasteiger partial charge in [0.05, 0.1) is 35.4 Å². The average molecular weight is 546 g/mol. The lowest BCUT2D eigenvalue weighted by molar-refractivity contribution is -0.122. The molecule has 1 aliphatic rings. The van der Waals surface area contributed by atoms with E-state index in [2.05, 4.69) is 6.07 Å². The Kier molecular flexibility index (Phi) is 8.60. The van der Waals surface area contributed by atoms with Crippen LogP contribution in [0, 0.1) is 11.3 Å². The number of hydrogen-bond donors (Lipinski definition) is 0.